The van der Waals surface area contributed by atoms with Crippen molar-refractivity contribution in [3.63, 3.8) is 0 Å². The SMILES string of the molecule is NC(N)=NCCCC(NC(=O)CNC(=O)C(CO)NC(=O)C(N)Cc1cnc[nH]1)C(=O)O. The number of nitrogens with zero attached hydrogens (tertiary/aromatic N) is 2. The molecule has 0 saturated heterocycles. The van der Waals surface area contributed by atoms with Crippen LogP contribution in [-0.4, -0.2) is 87.7 Å². The lowest BCUT2D eigenvalue weighted by atomic mass is 10.1. The molecule has 0 aliphatic rings. The molecule has 0 saturated carbocycles. The van der Waals surface area contributed by atoms with E-state index in [2.05, 4.69) is 30.9 Å². The summed E-state index contributed by atoms with van der Waals surface area (Å²) in [6.45, 7) is -1.11. The van der Waals surface area contributed by atoms with Crippen LogP contribution in [0.25, 0.3) is 0 Å². The molecular formula is C17H29N9O6. The Labute approximate surface area is 183 Å². The number of aliphatic carboxylic acids is 1. The molecule has 32 heavy (non-hydrogen) atoms. The van der Waals surface area contributed by atoms with Crippen LogP contribution >= 0.6 is 0 Å². The Hall–Kier alpha value is -3.72. The van der Waals surface area contributed by atoms with Crippen molar-refractivity contribution >= 4 is 29.7 Å². The molecule has 3 atom stereocenters. The number of carboxylic acid groups (broad SMARTS) is 1. The molecule has 178 valence electrons. The Morgan fingerprint density at radius 2 is 1.88 bits per heavy atom. The molecule has 15 nitrogen and oxygen atoms in total. The van der Waals surface area contributed by atoms with Crippen molar-refractivity contribution in [3.8, 4) is 0 Å². The van der Waals surface area contributed by atoms with Gasteiger partial charge in [0.25, 0.3) is 0 Å². The van der Waals surface area contributed by atoms with Crippen LogP contribution in [-0.2, 0) is 25.6 Å². The zero-order valence-corrected chi connectivity index (χ0v) is 17.3. The Kier molecular flexibility index (Phi) is 11.1. The second-order valence-corrected chi connectivity index (χ2v) is 6.76. The Bertz CT molecular complexity index is 794. The molecule has 1 heterocycles. The van der Waals surface area contributed by atoms with E-state index >= 15 is 0 Å². The fourth-order valence-corrected chi connectivity index (χ4v) is 2.50. The van der Waals surface area contributed by atoms with Crippen molar-refractivity contribution in [1.29, 1.82) is 0 Å². The van der Waals surface area contributed by atoms with Crippen molar-refractivity contribution in [2.75, 3.05) is 19.7 Å². The Balaban J connectivity index is 2.47. The Morgan fingerprint density at radius 3 is 2.44 bits per heavy atom. The van der Waals surface area contributed by atoms with Crippen LogP contribution in [0.15, 0.2) is 17.5 Å². The first-order valence-electron chi connectivity index (χ1n) is 9.63. The van der Waals surface area contributed by atoms with Crippen molar-refractivity contribution in [2.45, 2.75) is 37.4 Å². The highest BCUT2D eigenvalue weighted by molar-refractivity contribution is 5.92. The normalized spacial score (nSPS) is 13.3. The number of carbonyl (C=O) groups is 4. The van der Waals surface area contributed by atoms with Gasteiger partial charge in [-0.2, -0.15) is 0 Å². The molecule has 0 radical (unpaired) electrons. The van der Waals surface area contributed by atoms with E-state index < -0.39 is 55.0 Å². The van der Waals surface area contributed by atoms with Crippen molar-refractivity contribution in [3.05, 3.63) is 18.2 Å². The second kappa shape index (κ2) is 13.6. The number of carbonyl (C=O) groups excluding carboxylic acids is 3. The van der Waals surface area contributed by atoms with Gasteiger partial charge >= 0.3 is 5.97 Å². The highest BCUT2D eigenvalue weighted by Gasteiger charge is 2.25. The number of nitrogens with one attached hydrogen (secondary N) is 4. The van der Waals surface area contributed by atoms with Gasteiger partial charge in [0.1, 0.15) is 12.1 Å². The number of aliphatic hydroxyl groups excluding tert-OH is 1. The number of aromatic amines is 1. The third-order valence-electron chi connectivity index (χ3n) is 4.15. The van der Waals surface area contributed by atoms with E-state index in [-0.39, 0.29) is 25.3 Å². The number of nitrogens with two attached hydrogens (primary N) is 3. The highest BCUT2D eigenvalue weighted by atomic mass is 16.4. The molecule has 15 heteroatoms. The van der Waals surface area contributed by atoms with Gasteiger partial charge in [0, 0.05) is 24.9 Å². The van der Waals surface area contributed by atoms with Crippen LogP contribution in [0.3, 0.4) is 0 Å². The lowest BCUT2D eigenvalue weighted by Crippen LogP contribution is -2.55. The number of imidazole rings is 1. The molecule has 0 aliphatic carbocycles. The van der Waals surface area contributed by atoms with Gasteiger partial charge in [-0.1, -0.05) is 0 Å². The van der Waals surface area contributed by atoms with Crippen LogP contribution in [0, 0.1) is 0 Å². The summed E-state index contributed by atoms with van der Waals surface area (Å²) in [5.74, 6) is -3.70. The third kappa shape index (κ3) is 9.86. The highest BCUT2D eigenvalue weighted by Crippen LogP contribution is 1.99. The molecule has 0 aromatic carbocycles. The number of H-pyrrole nitrogens is 1. The predicted octanol–water partition coefficient (Wildman–Crippen LogP) is -4.50. The quantitative estimate of drug-likeness (QED) is 0.0736. The molecule has 1 aromatic heterocycles. The number of rotatable bonds is 14. The van der Waals surface area contributed by atoms with E-state index in [1.807, 2.05) is 0 Å². The number of aliphatic imine (C=N–C) groups is 1. The molecular weight excluding hydrogens is 426 g/mol. The van der Waals surface area contributed by atoms with E-state index in [9.17, 15) is 29.4 Å². The number of amides is 3. The largest absolute Gasteiger partial charge is 0.480 e. The van der Waals surface area contributed by atoms with E-state index in [0.717, 1.165) is 0 Å². The standard InChI is InChI=1S/C17H29N9O6/c18-10(4-9-5-21-8-24-9)14(29)26-12(7-27)15(30)23-6-13(28)25-11(16(31)32)2-1-3-22-17(19)20/h5,8,10-12,27H,1-4,6-7,18H2,(H,21,24)(H,23,30)(H,25,28)(H,26,29)(H,31,32)(H4,19,20,22). The Morgan fingerprint density at radius 1 is 1.16 bits per heavy atom. The minimum atomic E-state index is -1.35. The van der Waals surface area contributed by atoms with Gasteiger partial charge in [-0.3, -0.25) is 19.4 Å². The third-order valence-corrected chi connectivity index (χ3v) is 4.15. The van der Waals surface area contributed by atoms with E-state index in [4.69, 9.17) is 17.2 Å². The molecule has 12 N–H and O–H groups in total. The minimum Gasteiger partial charge on any atom is -0.480 e. The first kappa shape index (κ1) is 26.3. The summed E-state index contributed by atoms with van der Waals surface area (Å²) in [7, 11) is 0. The molecule has 0 aliphatic heterocycles. The summed E-state index contributed by atoms with van der Waals surface area (Å²) in [6.07, 6.45) is 3.42. The maximum absolute atomic E-state index is 12.2. The lowest BCUT2D eigenvalue weighted by molar-refractivity contribution is -0.142. The van der Waals surface area contributed by atoms with Crippen LogP contribution in [0.2, 0.25) is 0 Å². The van der Waals surface area contributed by atoms with E-state index in [0.29, 0.717) is 12.1 Å². The lowest BCUT2D eigenvalue weighted by Gasteiger charge is -2.19. The van der Waals surface area contributed by atoms with Crippen molar-refractivity contribution < 1.29 is 29.4 Å². The van der Waals surface area contributed by atoms with Gasteiger partial charge < -0.3 is 48.3 Å². The molecule has 0 spiro atoms. The summed E-state index contributed by atoms with van der Waals surface area (Å²) in [5.41, 5.74) is 16.7. The number of aromatic nitrogens is 2. The number of aliphatic hydroxyl groups is 1. The topological polar surface area (TPSA) is 264 Å². The summed E-state index contributed by atoms with van der Waals surface area (Å²) in [4.78, 5) is 57.9. The van der Waals surface area contributed by atoms with Gasteiger partial charge in [0.05, 0.1) is 25.5 Å². The predicted molar refractivity (Wildman–Crippen MR) is 112 cm³/mol. The van der Waals surface area contributed by atoms with Crippen LogP contribution in [0.1, 0.15) is 18.5 Å². The number of carboxylic acids is 1. The first-order chi connectivity index (χ1) is 15.1. The maximum atomic E-state index is 12.2. The minimum absolute atomic E-state index is 0.0648. The van der Waals surface area contributed by atoms with Crippen LogP contribution in [0.5, 0.6) is 0 Å². The van der Waals surface area contributed by atoms with Gasteiger partial charge in [-0.25, -0.2) is 9.78 Å². The second-order valence-electron chi connectivity index (χ2n) is 6.76. The van der Waals surface area contributed by atoms with Crippen LogP contribution < -0.4 is 33.2 Å². The number of hydrogen-bond donors (Lipinski definition) is 9. The number of guanidine groups is 1. The van der Waals surface area contributed by atoms with E-state index in [1.165, 1.54) is 12.5 Å². The summed E-state index contributed by atoms with van der Waals surface area (Å²) in [6, 6.07) is -3.56. The zero-order valence-electron chi connectivity index (χ0n) is 17.3. The fourth-order valence-electron chi connectivity index (χ4n) is 2.50. The molecule has 0 bridgehead atoms. The van der Waals surface area contributed by atoms with Gasteiger partial charge in [-0.15, -0.1) is 0 Å². The fraction of sp³-hybridized carbons (Fsp3) is 0.529. The average molecular weight is 455 g/mol. The molecule has 3 amide bonds. The van der Waals surface area contributed by atoms with Crippen molar-refractivity contribution in [2.24, 2.45) is 22.2 Å². The maximum Gasteiger partial charge on any atom is 0.326 e. The van der Waals surface area contributed by atoms with Gasteiger partial charge in [-0.05, 0) is 12.8 Å². The summed E-state index contributed by atoms with van der Waals surface area (Å²) in [5, 5.41) is 25.3. The molecule has 3 unspecified atom stereocenters. The summed E-state index contributed by atoms with van der Waals surface area (Å²) >= 11 is 0. The van der Waals surface area contributed by atoms with Crippen molar-refractivity contribution in [1.82, 2.24) is 25.9 Å². The van der Waals surface area contributed by atoms with Gasteiger partial charge in [0.2, 0.25) is 17.7 Å². The molecule has 0 fully saturated rings. The molecule has 1 aromatic rings. The zero-order chi connectivity index (χ0) is 24.1. The van der Waals surface area contributed by atoms with Gasteiger partial charge in [0.15, 0.2) is 5.96 Å². The average Bonchev–Trinajstić information content (AvgIpc) is 3.24. The smallest absolute Gasteiger partial charge is 0.326 e. The number of hydrogen-bond acceptors (Lipinski definition) is 8. The summed E-state index contributed by atoms with van der Waals surface area (Å²) < 4.78 is 0. The monoisotopic (exact) mass is 455 g/mol. The molecule has 1 rings (SSSR count). The van der Waals surface area contributed by atoms with Crippen LogP contribution in [0.4, 0.5) is 0 Å². The van der Waals surface area contributed by atoms with E-state index in [1.54, 1.807) is 0 Å². The first-order valence-corrected chi connectivity index (χ1v) is 9.63.